The van der Waals surface area contributed by atoms with Crippen LogP contribution in [0.2, 0.25) is 0 Å². The summed E-state index contributed by atoms with van der Waals surface area (Å²) < 4.78 is 0. The third kappa shape index (κ3) is 2.67. The molecule has 1 aromatic heterocycles. The van der Waals surface area contributed by atoms with Crippen molar-refractivity contribution in [1.82, 2.24) is 4.98 Å². The Balaban J connectivity index is 2.05. The summed E-state index contributed by atoms with van der Waals surface area (Å²) in [6.07, 6.45) is 1.06. The maximum Gasteiger partial charge on any atom is 0.0718 e. The number of hydrogen-bond acceptors (Lipinski definition) is 1. The van der Waals surface area contributed by atoms with Crippen molar-refractivity contribution in [2.75, 3.05) is 0 Å². The number of aromatic nitrogens is 1. The SMILES string of the molecule is CC(C)Cc1cc(-c2ccccc2)nc2ccc3ccccc3c12. The second-order valence-corrected chi connectivity index (χ2v) is 6.81. The minimum Gasteiger partial charge on any atom is -0.248 e. The maximum atomic E-state index is 4.96. The molecule has 0 spiro atoms. The van der Waals surface area contributed by atoms with Gasteiger partial charge in [-0.05, 0) is 40.8 Å². The van der Waals surface area contributed by atoms with E-state index in [0.717, 1.165) is 17.6 Å². The number of fused-ring (bicyclic) bond motifs is 3. The Kier molecular flexibility index (Phi) is 3.78. The minimum atomic E-state index is 0.609. The molecule has 0 radical (unpaired) electrons. The molecule has 0 amide bonds. The molecule has 0 aliphatic rings. The Labute approximate surface area is 143 Å². The fourth-order valence-electron chi connectivity index (χ4n) is 3.45. The van der Waals surface area contributed by atoms with Crippen LogP contribution < -0.4 is 0 Å². The van der Waals surface area contributed by atoms with Gasteiger partial charge in [0.1, 0.15) is 0 Å². The lowest BCUT2D eigenvalue weighted by atomic mass is 9.94. The van der Waals surface area contributed by atoms with Crippen LogP contribution in [0.15, 0.2) is 72.8 Å². The zero-order valence-electron chi connectivity index (χ0n) is 14.2. The molecule has 0 saturated carbocycles. The van der Waals surface area contributed by atoms with Crippen LogP contribution in [0.3, 0.4) is 0 Å². The lowest BCUT2D eigenvalue weighted by molar-refractivity contribution is 0.650. The minimum absolute atomic E-state index is 0.609. The van der Waals surface area contributed by atoms with Crippen molar-refractivity contribution in [1.29, 1.82) is 0 Å². The summed E-state index contributed by atoms with van der Waals surface area (Å²) in [5.74, 6) is 0.609. The predicted molar refractivity (Wildman–Crippen MR) is 103 cm³/mol. The fraction of sp³-hybridized carbons (Fsp3) is 0.174. The predicted octanol–water partition coefficient (Wildman–Crippen LogP) is 6.25. The molecule has 0 fully saturated rings. The van der Waals surface area contributed by atoms with E-state index in [1.54, 1.807) is 0 Å². The lowest BCUT2D eigenvalue weighted by Crippen LogP contribution is -1.98. The van der Waals surface area contributed by atoms with E-state index in [2.05, 4.69) is 80.6 Å². The van der Waals surface area contributed by atoms with Crippen molar-refractivity contribution in [2.45, 2.75) is 20.3 Å². The third-order valence-corrected chi connectivity index (χ3v) is 4.48. The van der Waals surface area contributed by atoms with Gasteiger partial charge in [-0.15, -0.1) is 0 Å². The highest BCUT2D eigenvalue weighted by Gasteiger charge is 2.11. The van der Waals surface area contributed by atoms with Crippen LogP contribution >= 0.6 is 0 Å². The average Bonchev–Trinajstić information content (AvgIpc) is 2.61. The first-order valence-electron chi connectivity index (χ1n) is 8.59. The van der Waals surface area contributed by atoms with Gasteiger partial charge in [0.25, 0.3) is 0 Å². The van der Waals surface area contributed by atoms with Gasteiger partial charge in [0.2, 0.25) is 0 Å². The van der Waals surface area contributed by atoms with E-state index >= 15 is 0 Å². The quantitative estimate of drug-likeness (QED) is 0.407. The highest BCUT2D eigenvalue weighted by Crippen LogP contribution is 2.31. The number of rotatable bonds is 3. The summed E-state index contributed by atoms with van der Waals surface area (Å²) in [6, 6.07) is 25.7. The molecule has 3 aromatic carbocycles. The molecule has 24 heavy (non-hydrogen) atoms. The molecule has 0 aliphatic carbocycles. The van der Waals surface area contributed by atoms with Crippen LogP contribution in [0, 0.1) is 5.92 Å². The van der Waals surface area contributed by atoms with E-state index in [1.807, 2.05) is 6.07 Å². The van der Waals surface area contributed by atoms with Crippen LogP contribution in [-0.2, 0) is 6.42 Å². The molecule has 1 nitrogen and oxygen atoms in total. The average molecular weight is 311 g/mol. The summed E-state index contributed by atoms with van der Waals surface area (Å²) in [6.45, 7) is 4.55. The molecule has 0 N–H and O–H groups in total. The normalized spacial score (nSPS) is 11.5. The molecule has 1 heterocycles. The van der Waals surface area contributed by atoms with Gasteiger partial charge in [0.05, 0.1) is 11.2 Å². The first kappa shape index (κ1) is 14.9. The Morgan fingerprint density at radius 2 is 1.58 bits per heavy atom. The molecule has 1 heteroatoms. The summed E-state index contributed by atoms with van der Waals surface area (Å²) in [5, 5.41) is 3.89. The van der Waals surface area contributed by atoms with Gasteiger partial charge in [0.15, 0.2) is 0 Å². The smallest absolute Gasteiger partial charge is 0.0718 e. The molecule has 4 rings (SSSR count). The molecule has 0 unspecified atom stereocenters. The van der Waals surface area contributed by atoms with E-state index in [9.17, 15) is 0 Å². The van der Waals surface area contributed by atoms with Crippen LogP contribution in [-0.4, -0.2) is 4.98 Å². The van der Waals surface area contributed by atoms with Crippen molar-refractivity contribution in [3.05, 3.63) is 78.4 Å². The van der Waals surface area contributed by atoms with Gasteiger partial charge in [0, 0.05) is 10.9 Å². The molecule has 4 aromatic rings. The monoisotopic (exact) mass is 311 g/mol. The van der Waals surface area contributed by atoms with Gasteiger partial charge in [-0.25, -0.2) is 4.98 Å². The molecule has 0 aliphatic heterocycles. The largest absolute Gasteiger partial charge is 0.248 e. The number of pyridine rings is 1. The Morgan fingerprint density at radius 3 is 2.38 bits per heavy atom. The molecule has 0 atom stereocenters. The van der Waals surface area contributed by atoms with Gasteiger partial charge in [-0.3, -0.25) is 0 Å². The van der Waals surface area contributed by atoms with Crippen LogP contribution in [0.5, 0.6) is 0 Å². The van der Waals surface area contributed by atoms with Crippen molar-refractivity contribution < 1.29 is 0 Å². The van der Waals surface area contributed by atoms with E-state index in [4.69, 9.17) is 4.98 Å². The molecular weight excluding hydrogens is 290 g/mol. The standard InChI is InChI=1S/C23H21N/c1-16(2)14-19-15-22(18-9-4-3-5-10-18)24-21-13-12-17-8-6-7-11-20(17)23(19)21/h3-13,15-16H,14H2,1-2H3. The van der Waals surface area contributed by atoms with Gasteiger partial charge < -0.3 is 0 Å². The summed E-state index contributed by atoms with van der Waals surface area (Å²) in [7, 11) is 0. The van der Waals surface area contributed by atoms with E-state index in [-0.39, 0.29) is 0 Å². The zero-order chi connectivity index (χ0) is 16.5. The van der Waals surface area contributed by atoms with Crippen molar-refractivity contribution in [2.24, 2.45) is 5.92 Å². The Hall–Kier alpha value is -2.67. The maximum absolute atomic E-state index is 4.96. The highest BCUT2D eigenvalue weighted by molar-refractivity contribution is 6.08. The summed E-state index contributed by atoms with van der Waals surface area (Å²) >= 11 is 0. The van der Waals surface area contributed by atoms with Crippen LogP contribution in [0.4, 0.5) is 0 Å². The Morgan fingerprint density at radius 1 is 0.833 bits per heavy atom. The first-order chi connectivity index (χ1) is 11.7. The van der Waals surface area contributed by atoms with Gasteiger partial charge >= 0.3 is 0 Å². The third-order valence-electron chi connectivity index (χ3n) is 4.48. The summed E-state index contributed by atoms with van der Waals surface area (Å²) in [5.41, 5.74) is 4.72. The summed E-state index contributed by atoms with van der Waals surface area (Å²) in [4.78, 5) is 4.96. The lowest BCUT2D eigenvalue weighted by Gasteiger charge is -2.14. The van der Waals surface area contributed by atoms with E-state index in [0.29, 0.717) is 5.92 Å². The topological polar surface area (TPSA) is 12.9 Å². The van der Waals surface area contributed by atoms with E-state index in [1.165, 1.54) is 27.3 Å². The van der Waals surface area contributed by atoms with Crippen molar-refractivity contribution >= 4 is 21.7 Å². The van der Waals surface area contributed by atoms with E-state index < -0.39 is 0 Å². The fourth-order valence-corrected chi connectivity index (χ4v) is 3.45. The Bertz CT molecular complexity index is 1000. The molecule has 0 bridgehead atoms. The second-order valence-electron chi connectivity index (χ2n) is 6.81. The highest BCUT2D eigenvalue weighted by atomic mass is 14.7. The molecule has 118 valence electrons. The van der Waals surface area contributed by atoms with Crippen molar-refractivity contribution in [3.63, 3.8) is 0 Å². The first-order valence-corrected chi connectivity index (χ1v) is 8.59. The van der Waals surface area contributed by atoms with Crippen LogP contribution in [0.25, 0.3) is 32.9 Å². The van der Waals surface area contributed by atoms with Gasteiger partial charge in [-0.1, -0.05) is 74.5 Å². The number of hydrogen-bond donors (Lipinski definition) is 0. The number of benzene rings is 3. The van der Waals surface area contributed by atoms with Gasteiger partial charge in [-0.2, -0.15) is 0 Å². The molecule has 0 saturated heterocycles. The molecular formula is C23H21N. The number of nitrogens with zero attached hydrogens (tertiary/aromatic N) is 1. The van der Waals surface area contributed by atoms with Crippen LogP contribution in [0.1, 0.15) is 19.4 Å². The zero-order valence-corrected chi connectivity index (χ0v) is 14.2. The van der Waals surface area contributed by atoms with Crippen molar-refractivity contribution in [3.8, 4) is 11.3 Å². The second kappa shape index (κ2) is 6.09.